The number of pyridine rings is 2. The molecule has 0 bridgehead atoms. The Morgan fingerprint density at radius 3 is 2.44 bits per heavy atom. The fraction of sp³-hybridized carbons (Fsp3) is 0.172. The minimum atomic E-state index is -4.54. The molecule has 1 N–H and O–H groups in total. The topological polar surface area (TPSA) is 76.5 Å². The number of halogens is 4. The number of hydrogen-bond donors (Lipinski definition) is 1. The summed E-state index contributed by atoms with van der Waals surface area (Å²) in [5.74, 6) is -0.403. The van der Waals surface area contributed by atoms with Gasteiger partial charge >= 0.3 is 6.18 Å². The zero-order valence-electron chi connectivity index (χ0n) is 20.6. The molecule has 6 nitrogen and oxygen atoms in total. The van der Waals surface area contributed by atoms with Gasteiger partial charge in [-0.2, -0.15) is 13.2 Å². The average molecular weight is 551 g/mol. The Bertz CT molecular complexity index is 1510. The zero-order chi connectivity index (χ0) is 27.6. The number of hydrogen-bond acceptors (Lipinski definition) is 5. The molecular weight excluding hydrogens is 529 g/mol. The Labute approximate surface area is 227 Å². The predicted molar refractivity (Wildman–Crippen MR) is 141 cm³/mol. The lowest BCUT2D eigenvalue weighted by Gasteiger charge is -2.16. The molecule has 5 rings (SSSR count). The highest BCUT2D eigenvalue weighted by Crippen LogP contribution is 2.32. The van der Waals surface area contributed by atoms with E-state index in [2.05, 4.69) is 20.4 Å². The van der Waals surface area contributed by atoms with Gasteiger partial charge in [0.1, 0.15) is 5.69 Å². The van der Waals surface area contributed by atoms with Crippen molar-refractivity contribution in [2.24, 2.45) is 5.16 Å². The molecule has 2 aromatic heterocycles. The molecule has 0 radical (unpaired) electrons. The van der Waals surface area contributed by atoms with Crippen molar-refractivity contribution < 1.29 is 22.8 Å². The smallest absolute Gasteiger partial charge is 0.385 e. The third kappa shape index (κ3) is 6.09. The number of rotatable bonds is 6. The van der Waals surface area contributed by atoms with Crippen molar-refractivity contribution in [2.45, 2.75) is 31.7 Å². The fourth-order valence-electron chi connectivity index (χ4n) is 4.20. The summed E-state index contributed by atoms with van der Waals surface area (Å²) in [4.78, 5) is 26.8. The van der Waals surface area contributed by atoms with Crippen LogP contribution in [0, 0.1) is 0 Å². The van der Waals surface area contributed by atoms with E-state index in [4.69, 9.17) is 16.4 Å². The summed E-state index contributed by atoms with van der Waals surface area (Å²) in [5.41, 5.74) is 3.53. The van der Waals surface area contributed by atoms with Gasteiger partial charge in [-0.05, 0) is 72.1 Å². The molecule has 10 heteroatoms. The molecule has 1 unspecified atom stereocenters. The highest BCUT2D eigenvalue weighted by Gasteiger charge is 2.32. The molecule has 0 saturated heterocycles. The molecule has 1 aliphatic heterocycles. The van der Waals surface area contributed by atoms with E-state index in [0.717, 1.165) is 29.1 Å². The van der Waals surface area contributed by atoms with Crippen LogP contribution in [-0.2, 0) is 11.0 Å². The van der Waals surface area contributed by atoms with Crippen LogP contribution in [0.4, 0.5) is 13.2 Å². The quantitative estimate of drug-likeness (QED) is 0.276. The SMILES string of the molecule is C[C@@H](NC(=O)c1cc(C2=NOC(c3ccccn3)C2)cc(-c2ccc(Cl)cc2)c1)c1ccc(C(F)(F)F)nc1. The van der Waals surface area contributed by atoms with E-state index in [-0.39, 0.29) is 6.10 Å². The molecule has 0 spiro atoms. The molecule has 1 aliphatic rings. The van der Waals surface area contributed by atoms with E-state index in [9.17, 15) is 18.0 Å². The number of aromatic nitrogens is 2. The van der Waals surface area contributed by atoms with Crippen LogP contribution in [-0.4, -0.2) is 21.6 Å². The molecule has 0 fully saturated rings. The summed E-state index contributed by atoms with van der Waals surface area (Å²) in [5, 5.41) is 7.70. The Morgan fingerprint density at radius 2 is 1.77 bits per heavy atom. The normalized spacial score (nSPS) is 15.8. The van der Waals surface area contributed by atoms with Crippen LogP contribution in [0.3, 0.4) is 0 Å². The summed E-state index contributed by atoms with van der Waals surface area (Å²) in [6.45, 7) is 1.68. The summed E-state index contributed by atoms with van der Waals surface area (Å²) >= 11 is 6.07. The predicted octanol–water partition coefficient (Wildman–Crippen LogP) is 7.17. The Morgan fingerprint density at radius 1 is 1.00 bits per heavy atom. The molecular formula is C29H22ClF3N4O2. The summed E-state index contributed by atoms with van der Waals surface area (Å²) in [6.07, 6.45) is -1.61. The summed E-state index contributed by atoms with van der Waals surface area (Å²) < 4.78 is 38.6. The zero-order valence-corrected chi connectivity index (χ0v) is 21.4. The van der Waals surface area contributed by atoms with Crippen molar-refractivity contribution in [2.75, 3.05) is 0 Å². The molecule has 198 valence electrons. The molecule has 0 aliphatic carbocycles. The van der Waals surface area contributed by atoms with E-state index in [1.807, 2.05) is 36.4 Å². The van der Waals surface area contributed by atoms with Crippen LogP contribution < -0.4 is 5.32 Å². The molecule has 0 saturated carbocycles. The molecule has 39 heavy (non-hydrogen) atoms. The van der Waals surface area contributed by atoms with Crippen molar-refractivity contribution in [3.05, 3.63) is 118 Å². The number of oxime groups is 1. The Hall–Kier alpha value is -4.24. The maximum Gasteiger partial charge on any atom is 0.433 e. The molecule has 1 amide bonds. The lowest BCUT2D eigenvalue weighted by atomic mass is 9.95. The Balaban J connectivity index is 1.42. The number of alkyl halides is 3. The van der Waals surface area contributed by atoms with Crippen molar-refractivity contribution in [3.63, 3.8) is 0 Å². The van der Waals surface area contributed by atoms with Gasteiger partial charge in [-0.25, -0.2) is 0 Å². The number of carbonyl (C=O) groups is 1. The minimum absolute atomic E-state index is 0.343. The van der Waals surface area contributed by atoms with Crippen LogP contribution >= 0.6 is 11.6 Å². The fourth-order valence-corrected chi connectivity index (χ4v) is 4.33. The second kappa shape index (κ2) is 10.9. The van der Waals surface area contributed by atoms with Crippen molar-refractivity contribution in [1.29, 1.82) is 0 Å². The van der Waals surface area contributed by atoms with E-state index >= 15 is 0 Å². The van der Waals surface area contributed by atoms with Crippen LogP contribution in [0.15, 0.2) is 90.3 Å². The second-order valence-corrected chi connectivity index (χ2v) is 9.50. The maximum atomic E-state index is 13.3. The third-order valence-corrected chi connectivity index (χ3v) is 6.57. The number of nitrogens with one attached hydrogen (secondary N) is 1. The van der Waals surface area contributed by atoms with Crippen LogP contribution in [0.2, 0.25) is 5.02 Å². The van der Waals surface area contributed by atoms with E-state index in [0.29, 0.717) is 33.8 Å². The van der Waals surface area contributed by atoms with Gasteiger partial charge in [0.25, 0.3) is 5.91 Å². The van der Waals surface area contributed by atoms with Gasteiger partial charge in [0.15, 0.2) is 6.10 Å². The molecule has 4 aromatic rings. The van der Waals surface area contributed by atoms with Gasteiger partial charge in [0.2, 0.25) is 0 Å². The number of benzene rings is 2. The first-order valence-electron chi connectivity index (χ1n) is 12.1. The highest BCUT2D eigenvalue weighted by atomic mass is 35.5. The van der Waals surface area contributed by atoms with E-state index < -0.39 is 23.8 Å². The average Bonchev–Trinajstić information content (AvgIpc) is 3.44. The standard InChI is InChI=1S/C29H22ClF3N4O2/c1-17(19-7-10-27(35-16-19)29(31,32)33)36-28(38)22-13-20(18-5-8-23(30)9-6-18)12-21(14-22)25-15-26(39-37-25)24-4-2-3-11-34-24/h2-14,16-17,26H,15H2,1H3,(H,36,38)/t17-,26?/m1/s1. The van der Waals surface area contributed by atoms with Gasteiger partial charge in [-0.15, -0.1) is 0 Å². The van der Waals surface area contributed by atoms with Gasteiger partial charge < -0.3 is 10.2 Å². The number of amides is 1. The van der Waals surface area contributed by atoms with Crippen molar-refractivity contribution in [1.82, 2.24) is 15.3 Å². The van der Waals surface area contributed by atoms with E-state index in [1.165, 1.54) is 6.07 Å². The third-order valence-electron chi connectivity index (χ3n) is 6.32. The monoisotopic (exact) mass is 550 g/mol. The Kier molecular flexibility index (Phi) is 7.34. The molecule has 3 heterocycles. The van der Waals surface area contributed by atoms with Crippen molar-refractivity contribution in [3.8, 4) is 11.1 Å². The number of carbonyl (C=O) groups excluding carboxylic acids is 1. The lowest BCUT2D eigenvalue weighted by molar-refractivity contribution is -0.141. The first kappa shape index (κ1) is 26.4. The van der Waals surface area contributed by atoms with Gasteiger partial charge in [-0.3, -0.25) is 14.8 Å². The summed E-state index contributed by atoms with van der Waals surface area (Å²) in [6, 6.07) is 19.8. The van der Waals surface area contributed by atoms with Gasteiger partial charge in [0, 0.05) is 35.0 Å². The lowest BCUT2D eigenvalue weighted by Crippen LogP contribution is -2.27. The van der Waals surface area contributed by atoms with Crippen LogP contribution in [0.1, 0.15) is 58.4 Å². The highest BCUT2D eigenvalue weighted by molar-refractivity contribution is 6.30. The van der Waals surface area contributed by atoms with Crippen LogP contribution in [0.25, 0.3) is 11.1 Å². The maximum absolute atomic E-state index is 13.3. The largest absolute Gasteiger partial charge is 0.433 e. The first-order valence-corrected chi connectivity index (χ1v) is 12.4. The van der Waals surface area contributed by atoms with Crippen molar-refractivity contribution >= 4 is 23.2 Å². The van der Waals surface area contributed by atoms with E-state index in [1.54, 1.807) is 37.4 Å². The first-order chi connectivity index (χ1) is 18.7. The number of nitrogens with zero attached hydrogens (tertiary/aromatic N) is 3. The summed E-state index contributed by atoms with van der Waals surface area (Å²) in [7, 11) is 0. The minimum Gasteiger partial charge on any atom is -0.385 e. The van der Waals surface area contributed by atoms with Gasteiger partial charge in [0.05, 0.1) is 17.4 Å². The van der Waals surface area contributed by atoms with Crippen LogP contribution in [0.5, 0.6) is 0 Å². The molecule has 2 aromatic carbocycles. The second-order valence-electron chi connectivity index (χ2n) is 9.07. The van der Waals surface area contributed by atoms with Gasteiger partial charge in [-0.1, -0.05) is 41.0 Å². The molecule has 2 atom stereocenters.